The lowest BCUT2D eigenvalue weighted by Crippen LogP contribution is -2.45. The molecule has 0 saturated carbocycles. The first kappa shape index (κ1) is 69.9. The van der Waals surface area contributed by atoms with Gasteiger partial charge in [0.2, 0.25) is 5.91 Å². The number of ether oxygens (including phenoxy) is 1. The quantitative estimate of drug-likeness (QED) is 0.0417. The second-order valence-corrected chi connectivity index (χ2v) is 22.8. The Bertz CT molecular complexity index is 1020. The van der Waals surface area contributed by atoms with Crippen LogP contribution in [0.3, 0.4) is 0 Å². The number of rotatable bonds is 62. The topological polar surface area (TPSA) is 95.9 Å². The molecule has 0 aromatic carbocycles. The zero-order chi connectivity index (χ0) is 51.4. The average molecular weight is 1000 g/mol. The van der Waals surface area contributed by atoms with Gasteiger partial charge in [0.1, 0.15) is 0 Å². The van der Waals surface area contributed by atoms with Crippen molar-refractivity contribution in [2.75, 3.05) is 13.2 Å². The predicted molar refractivity (Wildman–Crippen MR) is 310 cm³/mol. The molecule has 0 aliphatic heterocycles. The molecule has 3 N–H and O–H groups in total. The largest absolute Gasteiger partial charge is 0.466 e. The highest BCUT2D eigenvalue weighted by Crippen LogP contribution is 2.19. The number of hydrogen-bond acceptors (Lipinski definition) is 5. The maximum Gasteiger partial charge on any atom is 0.305 e. The molecular formula is C65H129NO5. The molecule has 0 fully saturated rings. The van der Waals surface area contributed by atoms with Crippen LogP contribution in [0.15, 0.2) is 0 Å². The third-order valence-corrected chi connectivity index (χ3v) is 15.7. The Labute approximate surface area is 445 Å². The van der Waals surface area contributed by atoms with Crippen LogP contribution in [0.5, 0.6) is 0 Å². The van der Waals surface area contributed by atoms with Gasteiger partial charge in [-0.15, -0.1) is 0 Å². The summed E-state index contributed by atoms with van der Waals surface area (Å²) in [6.07, 6.45) is 72.7. The van der Waals surface area contributed by atoms with Crippen LogP contribution in [-0.4, -0.2) is 47.4 Å². The molecule has 0 bridgehead atoms. The Morgan fingerprint density at radius 3 is 0.859 bits per heavy atom. The number of hydrogen-bond donors (Lipinski definition) is 3. The van der Waals surface area contributed by atoms with Gasteiger partial charge in [-0.1, -0.05) is 341 Å². The lowest BCUT2D eigenvalue weighted by molar-refractivity contribution is -0.143. The van der Waals surface area contributed by atoms with Crippen molar-refractivity contribution < 1.29 is 24.5 Å². The zero-order valence-electron chi connectivity index (χ0n) is 48.5. The fourth-order valence-electron chi connectivity index (χ4n) is 10.6. The van der Waals surface area contributed by atoms with Gasteiger partial charge >= 0.3 is 5.97 Å². The van der Waals surface area contributed by atoms with Gasteiger partial charge < -0.3 is 20.3 Å². The Hall–Kier alpha value is -1.14. The highest BCUT2D eigenvalue weighted by molar-refractivity contribution is 5.76. The molecule has 0 radical (unpaired) electrons. The summed E-state index contributed by atoms with van der Waals surface area (Å²) in [6.45, 7) is 4.99. The number of nitrogens with one attached hydrogen (secondary N) is 1. The minimum atomic E-state index is -0.661. The van der Waals surface area contributed by atoms with Crippen molar-refractivity contribution in [2.45, 2.75) is 392 Å². The van der Waals surface area contributed by atoms with Crippen molar-refractivity contribution in [3.05, 3.63) is 0 Å². The third kappa shape index (κ3) is 58.0. The molecular weight excluding hydrogens is 875 g/mol. The number of carbonyl (C=O) groups is 2. The fraction of sp³-hybridized carbons (Fsp3) is 0.969. The lowest BCUT2D eigenvalue weighted by Gasteiger charge is -2.22. The van der Waals surface area contributed by atoms with Crippen LogP contribution < -0.4 is 5.32 Å². The molecule has 0 heterocycles. The van der Waals surface area contributed by atoms with Gasteiger partial charge in [-0.05, 0) is 25.7 Å². The predicted octanol–water partition coefficient (Wildman–Crippen LogP) is 20.6. The van der Waals surface area contributed by atoms with Gasteiger partial charge in [0, 0.05) is 12.8 Å². The van der Waals surface area contributed by atoms with E-state index in [1.807, 2.05) is 0 Å². The van der Waals surface area contributed by atoms with Gasteiger partial charge in [-0.3, -0.25) is 9.59 Å². The monoisotopic (exact) mass is 1000 g/mol. The molecule has 0 aliphatic carbocycles. The summed E-state index contributed by atoms with van der Waals surface area (Å²) >= 11 is 0. The molecule has 0 saturated heterocycles. The molecule has 0 aromatic rings. The number of esters is 1. The molecule has 6 heteroatoms. The summed E-state index contributed by atoms with van der Waals surface area (Å²) in [5, 5.41) is 23.3. The van der Waals surface area contributed by atoms with E-state index in [1.165, 1.54) is 308 Å². The minimum Gasteiger partial charge on any atom is -0.466 e. The van der Waals surface area contributed by atoms with E-state index in [0.29, 0.717) is 25.9 Å². The summed E-state index contributed by atoms with van der Waals surface area (Å²) in [6, 6.07) is -0.538. The van der Waals surface area contributed by atoms with Crippen LogP contribution in [0.1, 0.15) is 380 Å². The number of amides is 1. The van der Waals surface area contributed by atoms with Gasteiger partial charge in [-0.25, -0.2) is 0 Å². The van der Waals surface area contributed by atoms with E-state index in [9.17, 15) is 19.8 Å². The van der Waals surface area contributed by atoms with Crippen molar-refractivity contribution in [1.29, 1.82) is 0 Å². The van der Waals surface area contributed by atoms with Crippen molar-refractivity contribution in [3.63, 3.8) is 0 Å². The zero-order valence-corrected chi connectivity index (χ0v) is 48.5. The summed E-state index contributed by atoms with van der Waals surface area (Å²) in [5.41, 5.74) is 0. The van der Waals surface area contributed by atoms with E-state index in [0.717, 1.165) is 38.5 Å². The molecule has 1 amide bonds. The Balaban J connectivity index is 3.34. The SMILES string of the molecule is CCCCCCCCCCCCCCCCCCC(O)C(CO)NC(=O)CCCCCCCCCCCCCCCCCCCCCCCCCCCCOC(=O)CCCCCCCCCCCCCC. The number of carbonyl (C=O) groups excluding carboxylic acids is 2. The fourth-order valence-corrected chi connectivity index (χ4v) is 10.6. The maximum absolute atomic E-state index is 12.5. The molecule has 6 nitrogen and oxygen atoms in total. The standard InChI is InChI=1S/C65H129NO5/c1-3-5-7-9-11-13-15-17-18-31-34-37-41-45-49-53-57-63(68)62(61-67)66-64(69)58-54-50-46-42-38-35-32-29-27-25-23-21-19-20-22-24-26-28-30-33-36-40-44-48-52-56-60-71-65(70)59-55-51-47-43-39-16-14-12-10-8-6-4-2/h62-63,67-68H,3-61H2,1-2H3,(H,66,69). The van der Waals surface area contributed by atoms with Gasteiger partial charge in [0.05, 0.1) is 25.4 Å². The normalized spacial score (nSPS) is 12.5. The number of unbranched alkanes of at least 4 members (excludes halogenated alkanes) is 51. The van der Waals surface area contributed by atoms with Gasteiger partial charge in [0.15, 0.2) is 0 Å². The summed E-state index contributed by atoms with van der Waals surface area (Å²) in [7, 11) is 0. The molecule has 0 aromatic heterocycles. The molecule has 0 spiro atoms. The first-order chi connectivity index (χ1) is 35.0. The minimum absolute atomic E-state index is 0.0190. The van der Waals surface area contributed by atoms with E-state index in [2.05, 4.69) is 19.2 Å². The molecule has 2 atom stereocenters. The van der Waals surface area contributed by atoms with E-state index >= 15 is 0 Å². The summed E-state index contributed by atoms with van der Waals surface area (Å²) < 4.78 is 5.48. The summed E-state index contributed by atoms with van der Waals surface area (Å²) in [4.78, 5) is 24.5. The molecule has 0 aliphatic rings. The van der Waals surface area contributed by atoms with Crippen molar-refractivity contribution >= 4 is 11.9 Å². The van der Waals surface area contributed by atoms with Crippen molar-refractivity contribution in [1.82, 2.24) is 5.32 Å². The second-order valence-electron chi connectivity index (χ2n) is 22.8. The van der Waals surface area contributed by atoms with E-state index < -0.39 is 12.1 Å². The van der Waals surface area contributed by atoms with Crippen LogP contribution in [0.4, 0.5) is 0 Å². The lowest BCUT2D eigenvalue weighted by atomic mass is 10.0. The van der Waals surface area contributed by atoms with Crippen molar-refractivity contribution in [2.24, 2.45) is 0 Å². The first-order valence-corrected chi connectivity index (χ1v) is 32.8. The van der Waals surface area contributed by atoms with E-state index in [1.54, 1.807) is 0 Å². The highest BCUT2D eigenvalue weighted by atomic mass is 16.5. The molecule has 0 rings (SSSR count). The average Bonchev–Trinajstić information content (AvgIpc) is 3.37. The van der Waals surface area contributed by atoms with Crippen LogP contribution in [0.2, 0.25) is 0 Å². The van der Waals surface area contributed by atoms with Crippen LogP contribution in [0.25, 0.3) is 0 Å². The highest BCUT2D eigenvalue weighted by Gasteiger charge is 2.20. The third-order valence-electron chi connectivity index (χ3n) is 15.7. The first-order valence-electron chi connectivity index (χ1n) is 32.8. The number of aliphatic hydroxyl groups excluding tert-OH is 2. The Morgan fingerprint density at radius 2 is 0.577 bits per heavy atom. The van der Waals surface area contributed by atoms with Gasteiger partial charge in [-0.2, -0.15) is 0 Å². The molecule has 71 heavy (non-hydrogen) atoms. The second kappa shape index (κ2) is 61.4. The van der Waals surface area contributed by atoms with Gasteiger partial charge in [0.25, 0.3) is 0 Å². The Morgan fingerprint density at radius 1 is 0.338 bits per heavy atom. The molecule has 424 valence electrons. The van der Waals surface area contributed by atoms with E-state index in [-0.39, 0.29) is 18.5 Å². The summed E-state index contributed by atoms with van der Waals surface area (Å²) in [5.74, 6) is -0.00997. The number of aliphatic hydroxyl groups is 2. The maximum atomic E-state index is 12.5. The van der Waals surface area contributed by atoms with Crippen LogP contribution in [-0.2, 0) is 14.3 Å². The van der Waals surface area contributed by atoms with E-state index in [4.69, 9.17) is 4.74 Å². The molecule has 2 unspecified atom stereocenters. The van der Waals surface area contributed by atoms with Crippen LogP contribution >= 0.6 is 0 Å². The van der Waals surface area contributed by atoms with Crippen LogP contribution in [0, 0.1) is 0 Å². The van der Waals surface area contributed by atoms with Crippen molar-refractivity contribution in [3.8, 4) is 0 Å². The Kier molecular flexibility index (Phi) is 60.4. The smallest absolute Gasteiger partial charge is 0.305 e.